The molecule has 1 heterocycles. The molecule has 1 aliphatic rings. The van der Waals surface area contributed by atoms with E-state index in [1.165, 1.54) is 0 Å². The van der Waals surface area contributed by atoms with Gasteiger partial charge in [-0.05, 0) is 46.5 Å². The van der Waals surface area contributed by atoms with Gasteiger partial charge in [-0.2, -0.15) is 0 Å². The van der Waals surface area contributed by atoms with E-state index >= 15 is 0 Å². The van der Waals surface area contributed by atoms with E-state index in [4.69, 9.17) is 9.47 Å². The molecule has 0 aromatic heterocycles. The maximum Gasteiger partial charge on any atom is 0.410 e. The third kappa shape index (κ3) is 5.49. The molecule has 19 heavy (non-hydrogen) atoms. The molecule has 1 rings (SSSR count). The fraction of sp³-hybridized carbons (Fsp3) is 0.857. The molecule has 1 saturated heterocycles. The van der Waals surface area contributed by atoms with Crippen LogP contribution >= 0.6 is 0 Å². The monoisotopic (exact) mass is 271 g/mol. The molecule has 0 aromatic carbocycles. The highest BCUT2D eigenvalue weighted by atomic mass is 16.6. The fourth-order valence-corrected chi connectivity index (χ4v) is 1.94. The highest BCUT2D eigenvalue weighted by molar-refractivity contribution is 5.79. The maximum atomic E-state index is 11.9. The average molecular weight is 271 g/mol. The molecular weight excluding hydrogens is 246 g/mol. The predicted molar refractivity (Wildman–Crippen MR) is 71.8 cm³/mol. The van der Waals surface area contributed by atoms with Gasteiger partial charge in [0, 0.05) is 13.1 Å². The summed E-state index contributed by atoms with van der Waals surface area (Å²) in [6, 6.07) is 0. The number of piperidine rings is 1. The van der Waals surface area contributed by atoms with Crippen molar-refractivity contribution in [2.24, 2.45) is 0 Å². The second-order valence-corrected chi connectivity index (χ2v) is 5.86. The van der Waals surface area contributed by atoms with E-state index in [1.54, 1.807) is 32.6 Å². The van der Waals surface area contributed by atoms with Crippen molar-refractivity contribution < 1.29 is 19.1 Å². The van der Waals surface area contributed by atoms with Gasteiger partial charge in [0.2, 0.25) is 6.10 Å². The van der Waals surface area contributed by atoms with Crippen LogP contribution in [0.15, 0.2) is 0 Å². The van der Waals surface area contributed by atoms with E-state index in [0.717, 1.165) is 19.3 Å². The molecule has 0 aromatic rings. The molecular formula is C14H25NO4. The van der Waals surface area contributed by atoms with Crippen molar-refractivity contribution in [2.45, 2.75) is 65.1 Å². The van der Waals surface area contributed by atoms with Crippen LogP contribution in [-0.2, 0) is 14.3 Å². The number of carbonyl (C=O) groups is 2. The largest absolute Gasteiger partial charge is 0.457 e. The molecule has 0 saturated carbocycles. The Kier molecular flexibility index (Phi) is 5.63. The van der Waals surface area contributed by atoms with Crippen molar-refractivity contribution in [1.82, 2.24) is 4.90 Å². The molecule has 0 spiro atoms. The fourth-order valence-electron chi connectivity index (χ4n) is 1.94. The lowest BCUT2D eigenvalue weighted by Crippen LogP contribution is -2.41. The molecule has 0 radical (unpaired) electrons. The summed E-state index contributed by atoms with van der Waals surface area (Å²) in [6.07, 6.45) is 2.35. The minimum atomic E-state index is -0.811. The second-order valence-electron chi connectivity index (χ2n) is 5.86. The molecule has 1 atom stereocenters. The van der Waals surface area contributed by atoms with Crippen molar-refractivity contribution in [1.29, 1.82) is 0 Å². The summed E-state index contributed by atoms with van der Waals surface area (Å²) in [4.78, 5) is 25.5. The Hall–Kier alpha value is -1.26. The molecule has 110 valence electrons. The zero-order valence-corrected chi connectivity index (χ0v) is 12.4. The topological polar surface area (TPSA) is 55.8 Å². The standard InChI is InChI=1S/C14H25NO4/c1-5-11(12(16)19-14(2,3)4)18-13(17)15-9-7-6-8-10-15/h11H,5-10H2,1-4H3. The van der Waals surface area contributed by atoms with Gasteiger partial charge in [0.15, 0.2) is 0 Å². The highest BCUT2D eigenvalue weighted by Gasteiger charge is 2.29. The van der Waals surface area contributed by atoms with E-state index in [0.29, 0.717) is 19.5 Å². The van der Waals surface area contributed by atoms with Gasteiger partial charge in [-0.1, -0.05) is 6.92 Å². The number of ether oxygens (including phenoxy) is 2. The third-order valence-corrected chi connectivity index (χ3v) is 2.90. The summed E-state index contributed by atoms with van der Waals surface area (Å²) >= 11 is 0. The summed E-state index contributed by atoms with van der Waals surface area (Å²) in [5, 5.41) is 0. The molecule has 5 nitrogen and oxygen atoms in total. The van der Waals surface area contributed by atoms with Gasteiger partial charge in [-0.25, -0.2) is 9.59 Å². The molecule has 5 heteroatoms. The van der Waals surface area contributed by atoms with Crippen molar-refractivity contribution in [3.05, 3.63) is 0 Å². The van der Waals surface area contributed by atoms with Crippen LogP contribution in [0.25, 0.3) is 0 Å². The molecule has 1 amide bonds. The van der Waals surface area contributed by atoms with Gasteiger partial charge in [-0.3, -0.25) is 0 Å². The molecule has 0 N–H and O–H groups in total. The predicted octanol–water partition coefficient (Wildman–Crippen LogP) is 2.73. The van der Waals surface area contributed by atoms with Crippen LogP contribution in [0.4, 0.5) is 4.79 Å². The van der Waals surface area contributed by atoms with E-state index in [1.807, 2.05) is 0 Å². The Bertz CT molecular complexity index is 316. The Morgan fingerprint density at radius 3 is 2.21 bits per heavy atom. The summed E-state index contributed by atoms with van der Waals surface area (Å²) in [6.45, 7) is 8.61. The number of esters is 1. The van der Waals surface area contributed by atoms with Crippen LogP contribution in [0, 0.1) is 0 Å². The van der Waals surface area contributed by atoms with Gasteiger partial charge in [0.1, 0.15) is 5.60 Å². The lowest BCUT2D eigenvalue weighted by atomic mass is 10.1. The first-order valence-electron chi connectivity index (χ1n) is 7.02. The summed E-state index contributed by atoms with van der Waals surface area (Å²) in [5.74, 6) is -0.472. The molecule has 1 fully saturated rings. The number of hydrogen-bond donors (Lipinski definition) is 0. The van der Waals surface area contributed by atoms with Gasteiger partial charge >= 0.3 is 12.1 Å². The number of nitrogens with zero attached hydrogens (tertiary/aromatic N) is 1. The Morgan fingerprint density at radius 1 is 1.16 bits per heavy atom. The Balaban J connectivity index is 2.51. The smallest absolute Gasteiger partial charge is 0.410 e. The number of likely N-dealkylation sites (tertiary alicyclic amines) is 1. The quantitative estimate of drug-likeness (QED) is 0.741. The highest BCUT2D eigenvalue weighted by Crippen LogP contribution is 2.15. The molecule has 1 unspecified atom stereocenters. The van der Waals surface area contributed by atoms with Gasteiger partial charge in [0.25, 0.3) is 0 Å². The second kappa shape index (κ2) is 6.78. The van der Waals surface area contributed by atoms with Gasteiger partial charge < -0.3 is 14.4 Å². The van der Waals surface area contributed by atoms with Crippen LogP contribution in [0.3, 0.4) is 0 Å². The Labute approximate surface area is 115 Å². The first-order valence-corrected chi connectivity index (χ1v) is 7.02. The summed E-state index contributed by atoms with van der Waals surface area (Å²) in [5.41, 5.74) is -0.567. The first kappa shape index (κ1) is 15.8. The van der Waals surface area contributed by atoms with Crippen LogP contribution in [-0.4, -0.2) is 41.8 Å². The van der Waals surface area contributed by atoms with Crippen molar-refractivity contribution in [3.8, 4) is 0 Å². The van der Waals surface area contributed by atoms with E-state index in [-0.39, 0.29) is 0 Å². The zero-order valence-electron chi connectivity index (χ0n) is 12.4. The van der Waals surface area contributed by atoms with Crippen LogP contribution in [0.2, 0.25) is 0 Å². The lowest BCUT2D eigenvalue weighted by molar-refractivity contribution is -0.165. The molecule has 1 aliphatic heterocycles. The maximum absolute atomic E-state index is 11.9. The minimum Gasteiger partial charge on any atom is -0.457 e. The van der Waals surface area contributed by atoms with Crippen molar-refractivity contribution >= 4 is 12.1 Å². The third-order valence-electron chi connectivity index (χ3n) is 2.90. The normalized spacial score (nSPS) is 17.8. The average Bonchev–Trinajstić information content (AvgIpc) is 2.34. The van der Waals surface area contributed by atoms with Gasteiger partial charge in [-0.15, -0.1) is 0 Å². The van der Waals surface area contributed by atoms with Crippen LogP contribution in [0.5, 0.6) is 0 Å². The van der Waals surface area contributed by atoms with Crippen molar-refractivity contribution in [3.63, 3.8) is 0 Å². The SMILES string of the molecule is CCC(OC(=O)N1CCCCC1)C(=O)OC(C)(C)C. The number of hydrogen-bond acceptors (Lipinski definition) is 4. The van der Waals surface area contributed by atoms with Crippen LogP contribution < -0.4 is 0 Å². The summed E-state index contributed by atoms with van der Waals surface area (Å²) < 4.78 is 10.5. The zero-order chi connectivity index (χ0) is 14.5. The van der Waals surface area contributed by atoms with Crippen LogP contribution in [0.1, 0.15) is 53.4 Å². The molecule has 0 aliphatic carbocycles. The minimum absolute atomic E-state index is 0.405. The molecule has 0 bridgehead atoms. The number of rotatable bonds is 3. The summed E-state index contributed by atoms with van der Waals surface area (Å²) in [7, 11) is 0. The number of carbonyl (C=O) groups excluding carboxylic acids is 2. The first-order chi connectivity index (χ1) is 8.83. The van der Waals surface area contributed by atoms with Gasteiger partial charge in [0.05, 0.1) is 0 Å². The van der Waals surface area contributed by atoms with E-state index in [2.05, 4.69) is 0 Å². The number of amides is 1. The van der Waals surface area contributed by atoms with E-state index in [9.17, 15) is 9.59 Å². The lowest BCUT2D eigenvalue weighted by Gasteiger charge is -2.28. The van der Waals surface area contributed by atoms with Crippen molar-refractivity contribution in [2.75, 3.05) is 13.1 Å². The van der Waals surface area contributed by atoms with E-state index < -0.39 is 23.8 Å². The Morgan fingerprint density at radius 2 is 1.74 bits per heavy atom.